The monoisotopic (exact) mass is 872 g/mol. The molecule has 13 heteroatoms. The van der Waals surface area contributed by atoms with Crippen LogP contribution in [0.4, 0.5) is 9.59 Å². The molecular formula is C51H60N4O9. The first-order valence-corrected chi connectivity index (χ1v) is 21.9. The second-order valence-corrected chi connectivity index (χ2v) is 15.8. The second kappa shape index (κ2) is 26.0. The van der Waals surface area contributed by atoms with Crippen LogP contribution in [0.2, 0.25) is 0 Å². The summed E-state index contributed by atoms with van der Waals surface area (Å²) >= 11 is 0. The maximum absolute atomic E-state index is 13.8. The predicted octanol–water partition coefficient (Wildman–Crippen LogP) is 7.29. The lowest BCUT2D eigenvalue weighted by Gasteiger charge is -2.24. The Morgan fingerprint density at radius 1 is 0.672 bits per heavy atom. The number of unbranched alkanes of at least 4 members (excludes halogenated alkanes) is 1. The average molecular weight is 873 g/mol. The molecule has 0 heterocycles. The number of carbonyl (C=O) groups excluding carboxylic acids is 5. The minimum atomic E-state index is -1.07. The van der Waals surface area contributed by atoms with Crippen LogP contribution in [0.5, 0.6) is 0 Å². The van der Waals surface area contributed by atoms with E-state index >= 15 is 0 Å². The van der Waals surface area contributed by atoms with Gasteiger partial charge in [0.1, 0.15) is 25.9 Å². The van der Waals surface area contributed by atoms with E-state index in [0.717, 1.165) is 33.4 Å². The van der Waals surface area contributed by atoms with Crippen molar-refractivity contribution >= 4 is 30.0 Å². The first-order chi connectivity index (χ1) is 31.2. The molecule has 0 fully saturated rings. The second-order valence-electron chi connectivity index (χ2n) is 15.8. The Balaban J connectivity index is 1.18. The summed E-state index contributed by atoms with van der Waals surface area (Å²) in [6, 6.07) is 32.5. The summed E-state index contributed by atoms with van der Waals surface area (Å²) in [4.78, 5) is 66.2. The third kappa shape index (κ3) is 15.3. The van der Waals surface area contributed by atoms with E-state index in [9.17, 15) is 29.1 Å². The molecule has 0 aromatic heterocycles. The minimum Gasteiger partial charge on any atom is -0.462 e. The lowest BCUT2D eigenvalue weighted by molar-refractivity contribution is -0.147. The van der Waals surface area contributed by atoms with E-state index in [1.54, 1.807) is 12.2 Å². The van der Waals surface area contributed by atoms with Gasteiger partial charge in [-0.1, -0.05) is 121 Å². The van der Waals surface area contributed by atoms with Crippen LogP contribution in [0.25, 0.3) is 11.1 Å². The van der Waals surface area contributed by atoms with Gasteiger partial charge in [0, 0.05) is 18.9 Å². The zero-order valence-corrected chi connectivity index (χ0v) is 36.3. The fraction of sp³-hybridized carbons (Fsp3) is 0.353. The van der Waals surface area contributed by atoms with Crippen molar-refractivity contribution in [2.24, 2.45) is 5.92 Å². The summed E-state index contributed by atoms with van der Waals surface area (Å²) in [7, 11) is 0. The molecule has 5 N–H and O–H groups in total. The van der Waals surface area contributed by atoms with Gasteiger partial charge in [0.25, 0.3) is 0 Å². The highest BCUT2D eigenvalue weighted by Gasteiger charge is 2.31. The summed E-state index contributed by atoms with van der Waals surface area (Å²) in [5.74, 6) is -2.54. The van der Waals surface area contributed by atoms with Gasteiger partial charge in [-0.05, 0) is 78.3 Å². The molecule has 338 valence electrons. The van der Waals surface area contributed by atoms with Crippen LogP contribution in [0.3, 0.4) is 0 Å². The van der Waals surface area contributed by atoms with Crippen molar-refractivity contribution in [3.63, 3.8) is 0 Å². The molecule has 0 aliphatic heterocycles. The number of carbonyl (C=O) groups is 5. The molecule has 4 atom stereocenters. The third-order valence-corrected chi connectivity index (χ3v) is 11.0. The summed E-state index contributed by atoms with van der Waals surface area (Å²) in [6.07, 6.45) is 4.29. The highest BCUT2D eigenvalue weighted by Crippen LogP contribution is 2.44. The van der Waals surface area contributed by atoms with Crippen molar-refractivity contribution in [1.82, 2.24) is 21.3 Å². The van der Waals surface area contributed by atoms with Crippen LogP contribution in [-0.4, -0.2) is 79.6 Å². The Hall–Kier alpha value is -6.73. The molecule has 1 aliphatic carbocycles. The molecule has 5 rings (SSSR count). The van der Waals surface area contributed by atoms with E-state index in [1.165, 1.54) is 0 Å². The maximum atomic E-state index is 13.8. The van der Waals surface area contributed by atoms with Gasteiger partial charge in [0.05, 0.1) is 24.6 Å². The molecular weight excluding hydrogens is 813 g/mol. The van der Waals surface area contributed by atoms with Crippen LogP contribution >= 0.6 is 0 Å². The first-order valence-electron chi connectivity index (χ1n) is 21.9. The number of allylic oxidation sites excluding steroid dienone is 2. The average Bonchev–Trinajstić information content (AvgIpc) is 3.63. The quantitative estimate of drug-likeness (QED) is 0.0187. The molecule has 0 radical (unpaired) electrons. The van der Waals surface area contributed by atoms with Gasteiger partial charge < -0.3 is 40.6 Å². The Kier molecular flexibility index (Phi) is 19.6. The number of benzene rings is 4. The number of aliphatic hydroxyl groups excluding tert-OH is 1. The molecule has 0 spiro atoms. The number of ether oxygens (including phenoxy) is 3. The van der Waals surface area contributed by atoms with Crippen molar-refractivity contribution in [2.45, 2.75) is 82.0 Å². The SMILES string of the molecule is C=CCC[C@H](NC(=O)OCC1c2ccccc2-c2ccccc21)C(=O)OC[C@H](CCCCNC(=O)OCc1ccccc1)NC(=O)[C@H](CC=C)CC(=O)N[C@H](CO)Cc1ccccc1. The van der Waals surface area contributed by atoms with Gasteiger partial charge in [-0.2, -0.15) is 0 Å². The lowest BCUT2D eigenvalue weighted by atomic mass is 9.98. The molecule has 64 heavy (non-hydrogen) atoms. The number of esters is 1. The van der Waals surface area contributed by atoms with E-state index in [2.05, 4.69) is 34.4 Å². The number of amides is 4. The number of rotatable bonds is 26. The summed E-state index contributed by atoms with van der Waals surface area (Å²) in [5.41, 5.74) is 6.09. The standard InChI is InChI=1S/C51H60N4O9/c1-3-5-28-46(55-51(61)64-35-45-43-26-14-12-24-41(43)42-25-13-15-27-44(42)45)49(59)62-34-39(23-16-17-29-52-50(60)63-33-37-21-10-7-11-22-37)54-48(58)38(18-4-2)31-47(57)53-40(32-56)30-36-19-8-6-9-20-36/h3-4,6-15,19-22,24-27,38-40,45-46,56H,1-2,5,16-18,23,28-35H2,(H,52,60)(H,53,57)(H,54,58)(H,55,61)/t38-,39+,40+,46+/m1/s1. The number of aliphatic hydroxyl groups is 1. The zero-order chi connectivity index (χ0) is 45.5. The van der Waals surface area contributed by atoms with Gasteiger partial charge in [-0.15, -0.1) is 13.2 Å². The van der Waals surface area contributed by atoms with Gasteiger partial charge >= 0.3 is 18.2 Å². The van der Waals surface area contributed by atoms with E-state index < -0.39 is 54.0 Å². The lowest BCUT2D eigenvalue weighted by Crippen LogP contribution is -2.46. The van der Waals surface area contributed by atoms with Crippen LogP contribution in [-0.2, 0) is 41.6 Å². The van der Waals surface area contributed by atoms with Gasteiger partial charge in [0.15, 0.2) is 0 Å². The van der Waals surface area contributed by atoms with Crippen molar-refractivity contribution in [2.75, 3.05) is 26.4 Å². The van der Waals surface area contributed by atoms with Crippen LogP contribution in [0.1, 0.15) is 73.1 Å². The molecule has 0 unspecified atom stereocenters. The van der Waals surface area contributed by atoms with Gasteiger partial charge in [-0.3, -0.25) is 9.59 Å². The smallest absolute Gasteiger partial charge is 0.407 e. The van der Waals surface area contributed by atoms with E-state index in [1.807, 2.05) is 109 Å². The predicted molar refractivity (Wildman–Crippen MR) is 245 cm³/mol. The molecule has 13 nitrogen and oxygen atoms in total. The molecule has 1 aliphatic rings. The third-order valence-electron chi connectivity index (χ3n) is 11.0. The zero-order valence-electron chi connectivity index (χ0n) is 36.3. The normalized spacial score (nSPS) is 13.4. The summed E-state index contributed by atoms with van der Waals surface area (Å²) in [5, 5.41) is 21.2. The fourth-order valence-electron chi connectivity index (χ4n) is 7.65. The topological polar surface area (TPSA) is 181 Å². The summed E-state index contributed by atoms with van der Waals surface area (Å²) in [6.45, 7) is 7.53. The Bertz CT molecular complexity index is 2100. The highest BCUT2D eigenvalue weighted by molar-refractivity contribution is 5.86. The molecule has 4 aromatic carbocycles. The number of nitrogens with one attached hydrogen (secondary N) is 4. The summed E-state index contributed by atoms with van der Waals surface area (Å²) < 4.78 is 16.8. The first kappa shape index (κ1) is 48.3. The van der Waals surface area contributed by atoms with Crippen molar-refractivity contribution < 1.29 is 43.3 Å². The van der Waals surface area contributed by atoms with Crippen molar-refractivity contribution in [3.8, 4) is 11.1 Å². The maximum Gasteiger partial charge on any atom is 0.407 e. The van der Waals surface area contributed by atoms with E-state index in [-0.39, 0.29) is 51.6 Å². The molecule has 4 aromatic rings. The Morgan fingerprint density at radius 2 is 1.31 bits per heavy atom. The molecule has 0 saturated carbocycles. The van der Waals surface area contributed by atoms with Crippen LogP contribution < -0.4 is 21.3 Å². The Labute approximate surface area is 375 Å². The number of alkyl carbamates (subject to hydrolysis) is 2. The number of hydrogen-bond acceptors (Lipinski definition) is 9. The van der Waals surface area contributed by atoms with Crippen LogP contribution in [0, 0.1) is 5.92 Å². The van der Waals surface area contributed by atoms with E-state index in [0.29, 0.717) is 38.6 Å². The van der Waals surface area contributed by atoms with E-state index in [4.69, 9.17) is 14.2 Å². The minimum absolute atomic E-state index is 0.0639. The largest absolute Gasteiger partial charge is 0.462 e. The fourth-order valence-corrected chi connectivity index (χ4v) is 7.65. The number of fused-ring (bicyclic) bond motifs is 3. The molecule has 0 saturated heterocycles. The van der Waals surface area contributed by atoms with Gasteiger partial charge in [-0.25, -0.2) is 14.4 Å². The van der Waals surface area contributed by atoms with Gasteiger partial charge in [0.2, 0.25) is 11.8 Å². The van der Waals surface area contributed by atoms with Crippen molar-refractivity contribution in [1.29, 1.82) is 0 Å². The molecule has 0 bridgehead atoms. The molecule has 4 amide bonds. The van der Waals surface area contributed by atoms with Crippen molar-refractivity contribution in [3.05, 3.63) is 157 Å². The van der Waals surface area contributed by atoms with Crippen LogP contribution in [0.15, 0.2) is 135 Å². The Morgan fingerprint density at radius 3 is 1.95 bits per heavy atom. The number of hydrogen-bond donors (Lipinski definition) is 5. The highest BCUT2D eigenvalue weighted by atomic mass is 16.6.